The molecule has 1 amide bonds. The number of benzene rings is 3. The van der Waals surface area contributed by atoms with Crippen molar-refractivity contribution in [3.05, 3.63) is 95.1 Å². The summed E-state index contributed by atoms with van der Waals surface area (Å²) in [4.78, 5) is 39.8. The second kappa shape index (κ2) is 12.4. The third-order valence-electron chi connectivity index (χ3n) is 6.65. The van der Waals surface area contributed by atoms with Crippen LogP contribution in [0, 0.1) is 0 Å². The molecule has 1 N–H and O–H groups in total. The van der Waals surface area contributed by atoms with Gasteiger partial charge < -0.3 is 14.6 Å². The molecule has 3 aromatic carbocycles. The van der Waals surface area contributed by atoms with Gasteiger partial charge in [0.2, 0.25) is 0 Å². The number of amides is 1. The first kappa shape index (κ1) is 27.6. The van der Waals surface area contributed by atoms with Gasteiger partial charge in [-0.3, -0.25) is 19.3 Å². The van der Waals surface area contributed by atoms with Gasteiger partial charge in [-0.05, 0) is 72.5 Å². The van der Waals surface area contributed by atoms with Crippen molar-refractivity contribution < 1.29 is 29.0 Å². The summed E-state index contributed by atoms with van der Waals surface area (Å²) in [6, 6.07) is 19.9. The maximum absolute atomic E-state index is 13.4. The number of ketones is 1. The van der Waals surface area contributed by atoms with Crippen LogP contribution < -0.4 is 14.4 Å². The van der Waals surface area contributed by atoms with Crippen molar-refractivity contribution in [2.75, 3.05) is 11.5 Å². The van der Waals surface area contributed by atoms with Crippen LogP contribution in [0.25, 0.3) is 5.76 Å². The number of unbranched alkanes of at least 4 members (excludes halogenated alkanes) is 2. The van der Waals surface area contributed by atoms with Crippen LogP contribution in [0.5, 0.6) is 11.5 Å². The number of aliphatic hydroxyl groups is 1. The van der Waals surface area contributed by atoms with Crippen LogP contribution in [0.1, 0.15) is 62.8 Å². The Bertz CT molecular complexity index is 1370. The molecule has 0 aliphatic carbocycles. The van der Waals surface area contributed by atoms with Crippen LogP contribution in [-0.4, -0.2) is 29.4 Å². The molecule has 202 valence electrons. The molecular formula is C32H33NO6. The van der Waals surface area contributed by atoms with Crippen molar-refractivity contribution in [2.24, 2.45) is 0 Å². The number of esters is 1. The maximum atomic E-state index is 13.4. The lowest BCUT2D eigenvalue weighted by Gasteiger charge is -2.26. The van der Waals surface area contributed by atoms with Crippen LogP contribution in [0.3, 0.4) is 0 Å². The minimum Gasteiger partial charge on any atom is -0.507 e. The zero-order valence-corrected chi connectivity index (χ0v) is 22.5. The Morgan fingerprint density at radius 1 is 0.923 bits per heavy atom. The summed E-state index contributed by atoms with van der Waals surface area (Å²) in [5.41, 5.74) is 2.46. The number of hydrogen-bond acceptors (Lipinski definition) is 6. The molecule has 7 nitrogen and oxygen atoms in total. The van der Waals surface area contributed by atoms with E-state index in [4.69, 9.17) is 9.47 Å². The number of hydrogen-bond donors (Lipinski definition) is 1. The smallest absolute Gasteiger partial charge is 0.308 e. The maximum Gasteiger partial charge on any atom is 0.308 e. The summed E-state index contributed by atoms with van der Waals surface area (Å²) in [6.45, 7) is 6.05. The van der Waals surface area contributed by atoms with Crippen LogP contribution in [0.4, 0.5) is 5.69 Å². The zero-order valence-electron chi connectivity index (χ0n) is 22.5. The highest BCUT2D eigenvalue weighted by Gasteiger charge is 2.47. The van der Waals surface area contributed by atoms with E-state index in [1.54, 1.807) is 60.7 Å². The Hall–Kier alpha value is -4.39. The van der Waals surface area contributed by atoms with Crippen LogP contribution in [-0.2, 0) is 20.8 Å². The van der Waals surface area contributed by atoms with Gasteiger partial charge in [0.15, 0.2) is 0 Å². The fourth-order valence-corrected chi connectivity index (χ4v) is 4.63. The number of nitrogens with zero attached hydrogens (tertiary/aromatic N) is 1. The van der Waals surface area contributed by atoms with Gasteiger partial charge in [0.05, 0.1) is 18.2 Å². The quantitative estimate of drug-likeness (QED) is 0.0822. The number of rotatable bonds is 10. The molecule has 1 aliphatic heterocycles. The Balaban J connectivity index is 1.78. The van der Waals surface area contributed by atoms with E-state index in [-0.39, 0.29) is 17.1 Å². The Morgan fingerprint density at radius 3 is 2.28 bits per heavy atom. The van der Waals surface area contributed by atoms with E-state index in [9.17, 15) is 19.5 Å². The predicted molar refractivity (Wildman–Crippen MR) is 150 cm³/mol. The second-order valence-electron chi connectivity index (χ2n) is 9.44. The van der Waals surface area contributed by atoms with E-state index < -0.39 is 23.7 Å². The first-order chi connectivity index (χ1) is 18.8. The van der Waals surface area contributed by atoms with Crippen molar-refractivity contribution in [1.82, 2.24) is 0 Å². The van der Waals surface area contributed by atoms with E-state index in [1.165, 1.54) is 11.8 Å². The number of carbonyl (C=O) groups is 3. The van der Waals surface area contributed by atoms with Crippen molar-refractivity contribution in [3.63, 3.8) is 0 Å². The predicted octanol–water partition coefficient (Wildman–Crippen LogP) is 6.37. The van der Waals surface area contributed by atoms with Crippen molar-refractivity contribution in [3.8, 4) is 11.5 Å². The molecule has 7 heteroatoms. The first-order valence-corrected chi connectivity index (χ1v) is 13.3. The van der Waals surface area contributed by atoms with Gasteiger partial charge in [0, 0.05) is 18.2 Å². The molecule has 1 unspecified atom stereocenters. The molecule has 1 fully saturated rings. The van der Waals surface area contributed by atoms with Crippen molar-refractivity contribution >= 4 is 29.1 Å². The molecule has 0 bridgehead atoms. The second-order valence-corrected chi connectivity index (χ2v) is 9.44. The third kappa shape index (κ3) is 6.20. The monoisotopic (exact) mass is 527 g/mol. The van der Waals surface area contributed by atoms with Crippen LogP contribution in [0.2, 0.25) is 0 Å². The number of anilines is 1. The summed E-state index contributed by atoms with van der Waals surface area (Å²) in [5.74, 6) is -1.40. The number of aliphatic hydroxyl groups excluding tert-OH is 1. The fourth-order valence-electron chi connectivity index (χ4n) is 4.63. The summed E-state index contributed by atoms with van der Waals surface area (Å²) in [7, 11) is 0. The normalized spacial score (nSPS) is 16.4. The summed E-state index contributed by atoms with van der Waals surface area (Å²) in [6.07, 6.45) is 3.96. The van der Waals surface area contributed by atoms with Gasteiger partial charge in [-0.1, -0.05) is 51.0 Å². The molecule has 1 aliphatic rings. The Kier molecular flexibility index (Phi) is 8.81. The van der Waals surface area contributed by atoms with Gasteiger partial charge in [-0.2, -0.15) is 0 Å². The summed E-state index contributed by atoms with van der Waals surface area (Å²) in [5, 5.41) is 11.4. The van der Waals surface area contributed by atoms with Gasteiger partial charge in [-0.15, -0.1) is 0 Å². The average molecular weight is 528 g/mol. The highest BCUT2D eigenvalue weighted by molar-refractivity contribution is 6.51. The van der Waals surface area contributed by atoms with E-state index in [0.29, 0.717) is 29.2 Å². The molecule has 4 rings (SSSR count). The van der Waals surface area contributed by atoms with E-state index in [1.807, 2.05) is 19.1 Å². The minimum absolute atomic E-state index is 0.0452. The minimum atomic E-state index is -0.932. The van der Waals surface area contributed by atoms with Crippen LogP contribution >= 0.6 is 0 Å². The number of ether oxygens (including phenoxy) is 2. The highest BCUT2D eigenvalue weighted by atomic mass is 16.5. The van der Waals surface area contributed by atoms with E-state index in [2.05, 4.69) is 6.92 Å². The van der Waals surface area contributed by atoms with Gasteiger partial charge in [0.25, 0.3) is 11.7 Å². The molecule has 0 aromatic heterocycles. The van der Waals surface area contributed by atoms with Gasteiger partial charge in [-0.25, -0.2) is 0 Å². The molecule has 1 saturated heterocycles. The number of carbonyl (C=O) groups excluding carboxylic acids is 3. The van der Waals surface area contributed by atoms with Gasteiger partial charge >= 0.3 is 5.97 Å². The molecule has 39 heavy (non-hydrogen) atoms. The van der Waals surface area contributed by atoms with Gasteiger partial charge in [0.1, 0.15) is 17.3 Å². The van der Waals surface area contributed by atoms with E-state index in [0.717, 1.165) is 31.2 Å². The Labute approximate surface area is 228 Å². The molecular weight excluding hydrogens is 494 g/mol. The number of aryl methyl sites for hydroxylation is 1. The van der Waals surface area contributed by atoms with Crippen LogP contribution in [0.15, 0.2) is 78.4 Å². The summed E-state index contributed by atoms with van der Waals surface area (Å²) >= 11 is 0. The summed E-state index contributed by atoms with van der Waals surface area (Å²) < 4.78 is 11.0. The molecule has 3 aromatic rings. The largest absolute Gasteiger partial charge is 0.507 e. The van der Waals surface area contributed by atoms with Crippen molar-refractivity contribution in [1.29, 1.82) is 0 Å². The zero-order chi connectivity index (χ0) is 27.9. The lowest BCUT2D eigenvalue weighted by Crippen LogP contribution is -2.29. The lowest BCUT2D eigenvalue weighted by molar-refractivity contribution is -0.132. The van der Waals surface area contributed by atoms with E-state index >= 15 is 0 Å². The van der Waals surface area contributed by atoms with Crippen molar-refractivity contribution in [2.45, 2.75) is 52.5 Å². The highest BCUT2D eigenvalue weighted by Crippen LogP contribution is 2.43. The first-order valence-electron chi connectivity index (χ1n) is 13.3. The lowest BCUT2D eigenvalue weighted by atomic mass is 9.95. The molecule has 0 radical (unpaired) electrons. The molecule has 1 heterocycles. The Morgan fingerprint density at radius 2 is 1.64 bits per heavy atom. The molecule has 0 saturated carbocycles. The average Bonchev–Trinajstić information content (AvgIpc) is 3.21. The topological polar surface area (TPSA) is 93.1 Å². The molecule has 0 spiro atoms. The SMILES string of the molecule is CCCCCOc1ccc(/C(O)=C2/C(=O)C(=O)N(c3ccc(CC)cc3)C2c2cccc(OC(C)=O)c2)cc1. The third-order valence-corrected chi connectivity index (χ3v) is 6.65. The standard InChI is InChI=1S/C32H33NO6/c1-4-6-7-19-38-26-17-13-23(14-18-26)30(35)28-29(24-9-8-10-27(20-24)39-21(3)34)33(32(37)31(28)36)25-15-11-22(5-2)12-16-25/h8-18,20,29,35H,4-7,19H2,1-3H3/b30-28-. The molecule has 1 atom stereocenters. The number of Topliss-reactive ketones (excluding diaryl/α,β-unsaturated/α-hetero) is 1. The fraction of sp³-hybridized carbons (Fsp3) is 0.281.